The third-order valence-corrected chi connectivity index (χ3v) is 0.648. The maximum atomic E-state index is 11.2. The van der Waals surface area contributed by atoms with Gasteiger partial charge in [0.05, 0.1) is 0 Å². The van der Waals surface area contributed by atoms with Gasteiger partial charge in [-0.2, -0.15) is 26.3 Å². The normalized spacial score (nSPS) is 11.6. The number of carbonyl (C=O) groups excluding carboxylic acids is 2. The minimum absolute atomic E-state index is 0. The molecule has 14 heavy (non-hydrogen) atoms. The molecular weight excluding hydrogens is 233 g/mol. The predicted octanol–water partition coefficient (Wildman–Crippen LogP) is -1.70. The van der Waals surface area contributed by atoms with Gasteiger partial charge in [-0.15, -0.1) is 0 Å². The van der Waals surface area contributed by atoms with Gasteiger partial charge in [-0.25, -0.2) is 9.59 Å². The number of hydrogen-bond donors (Lipinski definition) is 0. The van der Waals surface area contributed by atoms with Crippen molar-refractivity contribution in [3.63, 3.8) is 0 Å². The molecule has 0 rings (SSSR count). The number of rotatable bonds is 0. The number of esters is 2. The standard InChI is InChI=1S/C4F6O3.Na.H/c5-3(6,7)1(11)13-2(12)4(8,9)10;;/q;+1;-1. The summed E-state index contributed by atoms with van der Waals surface area (Å²) in [5, 5.41) is 0. The van der Waals surface area contributed by atoms with E-state index in [1.54, 1.807) is 0 Å². The maximum absolute atomic E-state index is 11.2. The molecule has 10 heteroatoms. The molecule has 0 saturated carbocycles. The Hall–Kier alpha value is -0.280. The molecule has 0 aromatic heterocycles. The quantitative estimate of drug-likeness (QED) is 0.217. The van der Waals surface area contributed by atoms with Crippen molar-refractivity contribution >= 4 is 11.9 Å². The van der Waals surface area contributed by atoms with Crippen molar-refractivity contribution in [3.8, 4) is 0 Å². The first-order valence-corrected chi connectivity index (χ1v) is 2.45. The minimum atomic E-state index is -5.62. The molecule has 0 unspecified atom stereocenters. The Bertz CT molecular complexity index is 212. The fraction of sp³-hybridized carbons (Fsp3) is 0.500. The van der Waals surface area contributed by atoms with Crippen molar-refractivity contribution in [1.29, 1.82) is 0 Å². The minimum Gasteiger partial charge on any atom is -1.00 e. The van der Waals surface area contributed by atoms with Crippen molar-refractivity contribution in [2.45, 2.75) is 12.4 Å². The fourth-order valence-corrected chi connectivity index (χ4v) is 0.200. The van der Waals surface area contributed by atoms with Gasteiger partial charge in [0.15, 0.2) is 0 Å². The predicted molar refractivity (Wildman–Crippen MR) is 24.3 cm³/mol. The summed E-state index contributed by atoms with van der Waals surface area (Å²) in [7, 11) is 0. The van der Waals surface area contributed by atoms with Crippen LogP contribution in [0.4, 0.5) is 26.3 Å². The maximum Gasteiger partial charge on any atom is 1.00 e. The number of alkyl halides is 6. The van der Waals surface area contributed by atoms with Gasteiger partial charge >= 0.3 is 53.8 Å². The summed E-state index contributed by atoms with van der Waals surface area (Å²) in [6.07, 6.45) is -11.2. The zero-order valence-electron chi connectivity index (χ0n) is 7.49. The van der Waals surface area contributed by atoms with Crippen LogP contribution in [0.25, 0.3) is 0 Å². The number of hydrogen-bond acceptors (Lipinski definition) is 3. The largest absolute Gasteiger partial charge is 1.00 e. The van der Waals surface area contributed by atoms with Gasteiger partial charge in [0.1, 0.15) is 0 Å². The van der Waals surface area contributed by atoms with Gasteiger partial charge in [-0.1, -0.05) is 0 Å². The molecule has 0 fully saturated rings. The Labute approximate surface area is 96.2 Å². The first-order valence-electron chi connectivity index (χ1n) is 2.45. The van der Waals surface area contributed by atoms with E-state index < -0.39 is 24.3 Å². The third kappa shape index (κ3) is 5.45. The molecule has 0 saturated heterocycles. The van der Waals surface area contributed by atoms with Crippen LogP contribution >= 0.6 is 0 Å². The molecular formula is C4HF6NaO3. The van der Waals surface area contributed by atoms with Crippen LogP contribution in [0.3, 0.4) is 0 Å². The molecule has 0 heterocycles. The summed E-state index contributed by atoms with van der Waals surface area (Å²) in [4.78, 5) is 19.3. The molecule has 3 nitrogen and oxygen atoms in total. The van der Waals surface area contributed by atoms with E-state index in [1.165, 1.54) is 0 Å². The topological polar surface area (TPSA) is 43.4 Å². The van der Waals surface area contributed by atoms with Crippen molar-refractivity contribution in [2.75, 3.05) is 0 Å². The average molecular weight is 234 g/mol. The third-order valence-electron chi connectivity index (χ3n) is 0.648. The van der Waals surface area contributed by atoms with Crippen LogP contribution in [-0.4, -0.2) is 24.3 Å². The molecule has 0 aliphatic carbocycles. The Morgan fingerprint density at radius 1 is 0.857 bits per heavy atom. The van der Waals surface area contributed by atoms with Crippen LogP contribution in [0.15, 0.2) is 0 Å². The van der Waals surface area contributed by atoms with E-state index in [2.05, 4.69) is 4.74 Å². The van der Waals surface area contributed by atoms with Gasteiger partial charge in [0.2, 0.25) is 0 Å². The van der Waals surface area contributed by atoms with E-state index in [1.807, 2.05) is 0 Å². The molecule has 0 aliphatic heterocycles. The van der Waals surface area contributed by atoms with E-state index in [0.717, 1.165) is 0 Å². The summed E-state index contributed by atoms with van der Waals surface area (Å²) < 4.78 is 69.7. The van der Waals surface area contributed by atoms with Crippen LogP contribution in [0.1, 0.15) is 1.43 Å². The first kappa shape index (κ1) is 16.2. The van der Waals surface area contributed by atoms with Crippen LogP contribution < -0.4 is 29.6 Å². The second kappa shape index (κ2) is 4.99. The molecule has 0 aromatic carbocycles. The van der Waals surface area contributed by atoms with Crippen molar-refractivity contribution in [1.82, 2.24) is 0 Å². The molecule has 0 aliphatic rings. The average Bonchev–Trinajstić information content (AvgIpc) is 1.82. The SMILES string of the molecule is O=C(OC(=O)C(F)(F)F)C(F)(F)F.[H-].[Na+]. The van der Waals surface area contributed by atoms with Gasteiger partial charge in [-0.05, 0) is 0 Å². The summed E-state index contributed by atoms with van der Waals surface area (Å²) in [5.74, 6) is -6.40. The molecule has 0 aromatic rings. The zero-order valence-corrected chi connectivity index (χ0v) is 8.49. The Balaban J connectivity index is -0.000000720. The second-order valence-electron chi connectivity index (χ2n) is 1.67. The van der Waals surface area contributed by atoms with E-state index in [4.69, 9.17) is 0 Å². The Kier molecular flexibility index (Phi) is 5.76. The fourth-order valence-electron chi connectivity index (χ4n) is 0.200. The first-order chi connectivity index (χ1) is 5.55. The van der Waals surface area contributed by atoms with Crippen LogP contribution in [0, 0.1) is 0 Å². The summed E-state index contributed by atoms with van der Waals surface area (Å²) in [5.41, 5.74) is 0. The van der Waals surface area contributed by atoms with E-state index in [0.29, 0.717) is 0 Å². The Morgan fingerprint density at radius 2 is 1.07 bits per heavy atom. The summed E-state index contributed by atoms with van der Waals surface area (Å²) in [6, 6.07) is 0. The van der Waals surface area contributed by atoms with Crippen molar-refractivity contribution in [3.05, 3.63) is 0 Å². The van der Waals surface area contributed by atoms with E-state index in [-0.39, 0.29) is 31.0 Å². The molecule has 0 atom stereocenters. The monoisotopic (exact) mass is 234 g/mol. The van der Waals surface area contributed by atoms with Crippen molar-refractivity contribution < 1.29 is 71.7 Å². The molecule has 0 bridgehead atoms. The number of halogens is 6. The summed E-state index contributed by atoms with van der Waals surface area (Å²) >= 11 is 0. The molecule has 0 spiro atoms. The molecule has 0 amide bonds. The number of carbonyl (C=O) groups is 2. The smallest absolute Gasteiger partial charge is 1.00 e. The van der Waals surface area contributed by atoms with Crippen LogP contribution in [-0.2, 0) is 14.3 Å². The molecule has 0 radical (unpaired) electrons. The van der Waals surface area contributed by atoms with Crippen LogP contribution in [0.2, 0.25) is 0 Å². The van der Waals surface area contributed by atoms with E-state index in [9.17, 15) is 35.9 Å². The van der Waals surface area contributed by atoms with Gasteiger partial charge < -0.3 is 6.16 Å². The summed E-state index contributed by atoms with van der Waals surface area (Å²) in [6.45, 7) is 0. The van der Waals surface area contributed by atoms with Crippen molar-refractivity contribution in [2.24, 2.45) is 0 Å². The molecule has 78 valence electrons. The van der Waals surface area contributed by atoms with Crippen LogP contribution in [0.5, 0.6) is 0 Å². The van der Waals surface area contributed by atoms with Gasteiger partial charge in [0.25, 0.3) is 0 Å². The second-order valence-corrected chi connectivity index (χ2v) is 1.67. The van der Waals surface area contributed by atoms with Gasteiger partial charge in [0, 0.05) is 0 Å². The molecule has 0 N–H and O–H groups in total. The zero-order chi connectivity index (χ0) is 10.9. The van der Waals surface area contributed by atoms with E-state index >= 15 is 0 Å². The Morgan fingerprint density at radius 3 is 1.21 bits per heavy atom. The van der Waals surface area contributed by atoms with Gasteiger partial charge in [-0.3, -0.25) is 0 Å². The number of ether oxygens (including phenoxy) is 1.